The van der Waals surface area contributed by atoms with Crippen LogP contribution in [0, 0.1) is 0 Å². The summed E-state index contributed by atoms with van der Waals surface area (Å²) < 4.78 is 0. The zero-order valence-electron chi connectivity index (χ0n) is 43.1. The molecule has 4 nitrogen and oxygen atoms in total. The van der Waals surface area contributed by atoms with E-state index in [1.807, 2.05) is 6.08 Å². The Kier molecular flexibility index (Phi) is 54.2. The lowest BCUT2D eigenvalue weighted by Gasteiger charge is -2.19. The number of rotatable bonds is 54. The summed E-state index contributed by atoms with van der Waals surface area (Å²) in [5, 5.41) is 23.1. The van der Waals surface area contributed by atoms with E-state index in [1.165, 1.54) is 276 Å². The first kappa shape index (κ1) is 61.9. The van der Waals surface area contributed by atoms with Crippen molar-refractivity contribution >= 4 is 5.91 Å². The number of carbonyl (C=O) groups excluding carboxylic acids is 1. The number of aliphatic hydroxyl groups is 2. The molecule has 0 aromatic carbocycles. The summed E-state index contributed by atoms with van der Waals surface area (Å²) in [4.78, 5) is 12.5. The largest absolute Gasteiger partial charge is 0.394 e. The van der Waals surface area contributed by atoms with E-state index in [9.17, 15) is 15.0 Å². The summed E-state index contributed by atoms with van der Waals surface area (Å²) in [7, 11) is 0. The monoisotopic (exact) mass is 886 g/mol. The third-order valence-corrected chi connectivity index (χ3v) is 13.7. The lowest BCUT2D eigenvalue weighted by atomic mass is 10.0. The van der Waals surface area contributed by atoms with Crippen LogP contribution in [-0.2, 0) is 4.79 Å². The van der Waals surface area contributed by atoms with E-state index in [-0.39, 0.29) is 12.5 Å². The highest BCUT2D eigenvalue weighted by Gasteiger charge is 2.18. The Morgan fingerprint density at radius 3 is 0.921 bits per heavy atom. The van der Waals surface area contributed by atoms with Gasteiger partial charge in [-0.3, -0.25) is 4.79 Å². The highest BCUT2D eigenvalue weighted by molar-refractivity contribution is 5.76. The second kappa shape index (κ2) is 55.2. The summed E-state index contributed by atoms with van der Waals surface area (Å²) >= 11 is 0. The number of allylic oxidation sites excluding steroid dienone is 3. The molecule has 374 valence electrons. The predicted octanol–water partition coefficient (Wildman–Crippen LogP) is 19.1. The molecule has 0 aliphatic rings. The lowest BCUT2D eigenvalue weighted by molar-refractivity contribution is -0.123. The van der Waals surface area contributed by atoms with Crippen LogP contribution < -0.4 is 5.32 Å². The molecule has 0 radical (unpaired) electrons. The van der Waals surface area contributed by atoms with Gasteiger partial charge in [0, 0.05) is 6.42 Å². The fourth-order valence-electron chi connectivity index (χ4n) is 9.26. The van der Waals surface area contributed by atoms with Gasteiger partial charge in [0.15, 0.2) is 0 Å². The van der Waals surface area contributed by atoms with Gasteiger partial charge in [-0.2, -0.15) is 0 Å². The molecule has 2 atom stereocenters. The first-order valence-electron chi connectivity index (χ1n) is 29.1. The van der Waals surface area contributed by atoms with Crippen LogP contribution in [0.5, 0.6) is 0 Å². The second-order valence-corrected chi connectivity index (χ2v) is 20.1. The number of nitrogens with one attached hydrogen (secondary N) is 1. The molecule has 4 heteroatoms. The number of unbranched alkanes of at least 4 members (excludes halogenated alkanes) is 45. The molecule has 0 heterocycles. The van der Waals surface area contributed by atoms with Crippen molar-refractivity contribution in [3.05, 3.63) is 24.3 Å². The van der Waals surface area contributed by atoms with Gasteiger partial charge < -0.3 is 15.5 Å². The molecular formula is C59H115NO3. The summed E-state index contributed by atoms with van der Waals surface area (Å²) in [6, 6.07) is -0.636. The molecule has 0 aliphatic carbocycles. The Balaban J connectivity index is 3.41. The molecule has 2 unspecified atom stereocenters. The van der Waals surface area contributed by atoms with Crippen LogP contribution in [0.15, 0.2) is 24.3 Å². The van der Waals surface area contributed by atoms with Gasteiger partial charge in [-0.1, -0.05) is 314 Å². The van der Waals surface area contributed by atoms with Gasteiger partial charge >= 0.3 is 0 Å². The van der Waals surface area contributed by atoms with Crippen LogP contribution in [0.3, 0.4) is 0 Å². The summed E-state index contributed by atoms with van der Waals surface area (Å²) in [6.45, 7) is 4.33. The van der Waals surface area contributed by atoms with Gasteiger partial charge in [0.25, 0.3) is 0 Å². The van der Waals surface area contributed by atoms with E-state index in [2.05, 4.69) is 31.3 Å². The maximum absolute atomic E-state index is 12.5. The maximum Gasteiger partial charge on any atom is 0.220 e. The Morgan fingerprint density at radius 2 is 0.619 bits per heavy atom. The Bertz CT molecular complexity index is 916. The van der Waals surface area contributed by atoms with E-state index in [4.69, 9.17) is 0 Å². The van der Waals surface area contributed by atoms with Crippen LogP contribution in [-0.4, -0.2) is 34.9 Å². The molecular weight excluding hydrogens is 771 g/mol. The summed E-state index contributed by atoms with van der Waals surface area (Å²) in [5.74, 6) is -0.0669. The van der Waals surface area contributed by atoms with Crippen LogP contribution in [0.25, 0.3) is 0 Å². The quantitative estimate of drug-likeness (QED) is 0.0421. The average Bonchev–Trinajstić information content (AvgIpc) is 3.29. The molecule has 0 aromatic heterocycles. The molecule has 0 rings (SSSR count). The molecule has 0 fully saturated rings. The first-order valence-corrected chi connectivity index (χ1v) is 29.1. The fourth-order valence-corrected chi connectivity index (χ4v) is 9.26. The van der Waals surface area contributed by atoms with Crippen molar-refractivity contribution in [2.24, 2.45) is 0 Å². The fraction of sp³-hybridized carbons (Fsp3) is 0.915. The normalized spacial score (nSPS) is 12.9. The molecule has 63 heavy (non-hydrogen) atoms. The minimum atomic E-state index is -0.859. The van der Waals surface area contributed by atoms with Crippen LogP contribution >= 0.6 is 0 Å². The predicted molar refractivity (Wildman–Crippen MR) is 281 cm³/mol. The third-order valence-electron chi connectivity index (χ3n) is 13.7. The Morgan fingerprint density at radius 1 is 0.365 bits per heavy atom. The number of hydrogen-bond acceptors (Lipinski definition) is 3. The highest BCUT2D eigenvalue weighted by atomic mass is 16.3. The van der Waals surface area contributed by atoms with Gasteiger partial charge in [-0.05, 0) is 32.1 Å². The Labute approximate surface area is 396 Å². The molecule has 0 saturated carbocycles. The van der Waals surface area contributed by atoms with Crippen molar-refractivity contribution in [2.45, 2.75) is 341 Å². The van der Waals surface area contributed by atoms with Gasteiger partial charge in [0.2, 0.25) is 5.91 Å². The van der Waals surface area contributed by atoms with Gasteiger partial charge in [0.1, 0.15) is 0 Å². The van der Waals surface area contributed by atoms with E-state index >= 15 is 0 Å². The average molecular weight is 887 g/mol. The Hall–Kier alpha value is -1.13. The summed E-state index contributed by atoms with van der Waals surface area (Å²) in [5.41, 5.74) is 0. The second-order valence-electron chi connectivity index (χ2n) is 20.1. The molecule has 0 aliphatic heterocycles. The van der Waals surface area contributed by atoms with Crippen molar-refractivity contribution in [2.75, 3.05) is 6.61 Å². The molecule has 0 bridgehead atoms. The third kappa shape index (κ3) is 51.7. The van der Waals surface area contributed by atoms with E-state index < -0.39 is 12.1 Å². The lowest BCUT2D eigenvalue weighted by Crippen LogP contribution is -2.45. The number of amides is 1. The standard InChI is InChI=1S/C59H115NO3/c1-3-5-7-9-11-13-15-17-19-21-22-23-24-25-26-27-28-29-30-31-32-33-34-35-36-37-39-41-43-45-47-49-51-53-55-59(63)60-57(56-61)58(62)54-52-50-48-46-44-42-40-38-20-18-16-14-12-10-8-6-4-2/h44,46,52,54,57-58,61-62H,3-43,45,47-51,53,55-56H2,1-2H3,(H,60,63)/b46-44+,54-52+. The van der Waals surface area contributed by atoms with Gasteiger partial charge in [-0.25, -0.2) is 0 Å². The zero-order valence-corrected chi connectivity index (χ0v) is 43.1. The minimum Gasteiger partial charge on any atom is -0.394 e. The molecule has 0 saturated heterocycles. The molecule has 1 amide bonds. The topological polar surface area (TPSA) is 69.6 Å². The number of aliphatic hydroxyl groups excluding tert-OH is 2. The van der Waals surface area contributed by atoms with Crippen LogP contribution in [0.2, 0.25) is 0 Å². The molecule has 0 aromatic rings. The SMILES string of the molecule is CCCCCCCCCCCCC/C=C/CC/C=C/C(O)C(CO)NC(=O)CCCCCCCCCCCCCCCCCCCCCCCCCCCCCCCCCCCC. The van der Waals surface area contributed by atoms with Crippen molar-refractivity contribution in [3.8, 4) is 0 Å². The van der Waals surface area contributed by atoms with Crippen molar-refractivity contribution in [1.82, 2.24) is 5.32 Å². The molecule has 0 spiro atoms. The van der Waals surface area contributed by atoms with Crippen LogP contribution in [0.1, 0.15) is 328 Å². The highest BCUT2D eigenvalue weighted by Crippen LogP contribution is 2.18. The summed E-state index contributed by atoms with van der Waals surface area (Å²) in [6.07, 6.45) is 73.6. The van der Waals surface area contributed by atoms with Crippen molar-refractivity contribution in [1.29, 1.82) is 0 Å². The van der Waals surface area contributed by atoms with Crippen molar-refractivity contribution < 1.29 is 15.0 Å². The maximum atomic E-state index is 12.5. The van der Waals surface area contributed by atoms with E-state index in [1.54, 1.807) is 6.08 Å². The van der Waals surface area contributed by atoms with Gasteiger partial charge in [0.05, 0.1) is 18.8 Å². The number of hydrogen-bond donors (Lipinski definition) is 3. The van der Waals surface area contributed by atoms with E-state index in [0.717, 1.165) is 32.1 Å². The number of carbonyl (C=O) groups is 1. The van der Waals surface area contributed by atoms with Gasteiger partial charge in [-0.15, -0.1) is 0 Å². The zero-order chi connectivity index (χ0) is 45.6. The smallest absolute Gasteiger partial charge is 0.220 e. The van der Waals surface area contributed by atoms with E-state index in [0.29, 0.717) is 6.42 Å². The van der Waals surface area contributed by atoms with Crippen LogP contribution in [0.4, 0.5) is 0 Å². The minimum absolute atomic E-state index is 0.0669. The first-order chi connectivity index (χ1) is 31.2. The van der Waals surface area contributed by atoms with Crippen molar-refractivity contribution in [3.63, 3.8) is 0 Å². The molecule has 3 N–H and O–H groups in total.